The number of ether oxygens (including phenoxy) is 2. The molecule has 6 N–H and O–H groups in total. The number of benzene rings is 1. The molecule has 1 unspecified atom stereocenters. The number of nitriles is 2. The average molecular weight is 471 g/mol. The molecule has 0 radical (unpaired) electrons. The molecule has 0 spiro atoms. The minimum Gasteiger partial charge on any atom is -0.493 e. The Morgan fingerprint density at radius 1 is 1.33 bits per heavy atom. The lowest BCUT2D eigenvalue weighted by Gasteiger charge is -2.27. The van der Waals surface area contributed by atoms with Gasteiger partial charge in [0.2, 0.25) is 5.96 Å². The third kappa shape index (κ3) is 3.64. The SMILES string of the molecule is COc1cc(C2N=C(NC#N)Nc3nc(N)c(C#N)c(N)c32)c(Br)cc1OC(C)=O. The lowest BCUT2D eigenvalue weighted by molar-refractivity contribution is -0.132. The van der Waals surface area contributed by atoms with Gasteiger partial charge in [0.15, 0.2) is 17.7 Å². The number of halogens is 1. The molecule has 12 heteroatoms. The number of pyridine rings is 1. The molecule has 1 atom stereocenters. The van der Waals surface area contributed by atoms with Gasteiger partial charge in [0.05, 0.1) is 12.8 Å². The summed E-state index contributed by atoms with van der Waals surface area (Å²) < 4.78 is 11.0. The Hall–Kier alpha value is -4.03. The molecule has 0 aliphatic carbocycles. The summed E-state index contributed by atoms with van der Waals surface area (Å²) in [5, 5.41) is 23.7. The number of carbonyl (C=O) groups is 1. The Morgan fingerprint density at radius 3 is 2.67 bits per heavy atom. The minimum atomic E-state index is -0.785. The van der Waals surface area contributed by atoms with Gasteiger partial charge in [0.1, 0.15) is 29.3 Å². The first-order valence-electron chi connectivity index (χ1n) is 8.35. The first-order chi connectivity index (χ1) is 14.3. The van der Waals surface area contributed by atoms with Crippen LogP contribution in [0.4, 0.5) is 17.3 Å². The molecule has 30 heavy (non-hydrogen) atoms. The molecule has 2 aromatic rings. The quantitative estimate of drug-likeness (QED) is 0.223. The van der Waals surface area contributed by atoms with Gasteiger partial charge in [0, 0.05) is 17.0 Å². The molecule has 0 saturated heterocycles. The van der Waals surface area contributed by atoms with Gasteiger partial charge in [0.25, 0.3) is 0 Å². The minimum absolute atomic E-state index is 0.0204. The molecule has 11 nitrogen and oxygen atoms in total. The standard InChI is InChI=1S/C18H15BrN8O3/c1-7(28)30-12-4-10(19)8(3-11(12)29-2)15-13-14(22)9(5-20)16(23)26-17(13)27-18(25-15)24-6-21/h3-4,15H,1-2H3,(H6,22,23,24,25,26,27). The summed E-state index contributed by atoms with van der Waals surface area (Å²) in [5.74, 6) is 0.269. The van der Waals surface area contributed by atoms with Crippen molar-refractivity contribution in [3.05, 3.63) is 33.3 Å². The summed E-state index contributed by atoms with van der Waals surface area (Å²) in [4.78, 5) is 20.1. The van der Waals surface area contributed by atoms with Crippen molar-refractivity contribution >= 4 is 45.2 Å². The van der Waals surface area contributed by atoms with Crippen molar-refractivity contribution in [2.75, 3.05) is 23.9 Å². The molecule has 1 aromatic carbocycles. The second kappa shape index (κ2) is 8.14. The maximum atomic E-state index is 11.4. The topological polar surface area (TPSA) is 184 Å². The normalized spacial score (nSPS) is 14.3. The van der Waals surface area contributed by atoms with E-state index in [2.05, 4.69) is 36.5 Å². The molecule has 1 aliphatic heterocycles. The van der Waals surface area contributed by atoms with Gasteiger partial charge >= 0.3 is 5.97 Å². The number of fused-ring (bicyclic) bond motifs is 1. The smallest absolute Gasteiger partial charge is 0.308 e. The molecule has 152 valence electrons. The van der Waals surface area contributed by atoms with Gasteiger partial charge in [-0.3, -0.25) is 10.1 Å². The van der Waals surface area contributed by atoms with E-state index in [0.717, 1.165) is 0 Å². The van der Waals surface area contributed by atoms with Crippen LogP contribution in [0.25, 0.3) is 0 Å². The van der Waals surface area contributed by atoms with Crippen LogP contribution < -0.4 is 31.6 Å². The molecule has 0 saturated carbocycles. The number of guanidine groups is 1. The van der Waals surface area contributed by atoms with Crippen molar-refractivity contribution < 1.29 is 14.3 Å². The van der Waals surface area contributed by atoms with E-state index in [1.807, 2.05) is 6.07 Å². The van der Waals surface area contributed by atoms with Crippen LogP contribution in [0.3, 0.4) is 0 Å². The van der Waals surface area contributed by atoms with Crippen LogP contribution in [-0.4, -0.2) is 24.0 Å². The second-order valence-electron chi connectivity index (χ2n) is 6.02. The number of methoxy groups -OCH3 is 1. The van der Waals surface area contributed by atoms with Gasteiger partial charge in [-0.05, 0) is 17.7 Å². The molecule has 3 rings (SSSR count). The first kappa shape index (κ1) is 20.7. The Balaban J connectivity index is 2.26. The Kier molecular flexibility index (Phi) is 5.62. The van der Waals surface area contributed by atoms with E-state index in [1.165, 1.54) is 14.0 Å². The number of hydrogen-bond acceptors (Lipinski definition) is 11. The monoisotopic (exact) mass is 470 g/mol. The third-order valence-corrected chi connectivity index (χ3v) is 4.88. The highest BCUT2D eigenvalue weighted by Crippen LogP contribution is 2.45. The zero-order valence-electron chi connectivity index (χ0n) is 15.8. The molecule has 2 heterocycles. The van der Waals surface area contributed by atoms with Gasteiger partial charge in [-0.1, -0.05) is 15.9 Å². The maximum Gasteiger partial charge on any atom is 0.308 e. The van der Waals surface area contributed by atoms with E-state index in [1.54, 1.807) is 18.3 Å². The summed E-state index contributed by atoms with van der Waals surface area (Å²) in [6, 6.07) is 4.31. The molecule has 0 fully saturated rings. The van der Waals surface area contributed by atoms with Crippen LogP contribution in [0.2, 0.25) is 0 Å². The predicted molar refractivity (Wildman–Crippen MR) is 111 cm³/mol. The number of esters is 1. The first-order valence-corrected chi connectivity index (χ1v) is 9.14. The zero-order chi connectivity index (χ0) is 22.0. The van der Waals surface area contributed by atoms with Gasteiger partial charge < -0.3 is 26.3 Å². The number of nitrogens with one attached hydrogen (secondary N) is 2. The third-order valence-electron chi connectivity index (χ3n) is 4.19. The highest BCUT2D eigenvalue weighted by molar-refractivity contribution is 9.10. The number of aromatic nitrogens is 1. The fourth-order valence-electron chi connectivity index (χ4n) is 2.96. The fourth-order valence-corrected chi connectivity index (χ4v) is 3.50. The highest BCUT2D eigenvalue weighted by atomic mass is 79.9. The molecular formula is C18H15BrN8O3. The number of rotatable bonds is 3. The fraction of sp³-hybridized carbons (Fsp3) is 0.167. The van der Waals surface area contributed by atoms with Crippen LogP contribution >= 0.6 is 15.9 Å². The molecular weight excluding hydrogens is 456 g/mol. The number of nitrogen functional groups attached to an aromatic ring is 2. The maximum absolute atomic E-state index is 11.4. The average Bonchev–Trinajstić information content (AvgIpc) is 2.67. The van der Waals surface area contributed by atoms with Crippen molar-refractivity contribution in [3.63, 3.8) is 0 Å². The summed E-state index contributed by atoms with van der Waals surface area (Å²) in [5.41, 5.74) is 13.2. The number of carbonyl (C=O) groups excluding carboxylic acids is 1. The highest BCUT2D eigenvalue weighted by Gasteiger charge is 2.31. The lowest BCUT2D eigenvalue weighted by atomic mass is 9.95. The summed E-state index contributed by atoms with van der Waals surface area (Å²) >= 11 is 3.45. The van der Waals surface area contributed by atoms with Gasteiger partial charge in [-0.25, -0.2) is 9.98 Å². The van der Waals surface area contributed by atoms with Crippen LogP contribution in [0.1, 0.15) is 29.7 Å². The van der Waals surface area contributed by atoms with Crippen molar-refractivity contribution in [2.45, 2.75) is 13.0 Å². The lowest BCUT2D eigenvalue weighted by Crippen LogP contribution is -2.32. The van der Waals surface area contributed by atoms with E-state index in [4.69, 9.17) is 26.2 Å². The predicted octanol–water partition coefficient (Wildman–Crippen LogP) is 1.76. The van der Waals surface area contributed by atoms with E-state index >= 15 is 0 Å². The van der Waals surface area contributed by atoms with Crippen LogP contribution in [0.15, 0.2) is 21.6 Å². The number of nitrogens with two attached hydrogens (primary N) is 2. The summed E-state index contributed by atoms with van der Waals surface area (Å²) in [7, 11) is 1.42. The molecule has 1 aromatic heterocycles. The zero-order valence-corrected chi connectivity index (χ0v) is 17.4. The van der Waals surface area contributed by atoms with E-state index in [-0.39, 0.29) is 40.3 Å². The summed E-state index contributed by atoms with van der Waals surface area (Å²) in [6.45, 7) is 1.27. The van der Waals surface area contributed by atoms with Gasteiger partial charge in [-0.15, -0.1) is 0 Å². The van der Waals surface area contributed by atoms with Crippen molar-refractivity contribution in [1.29, 1.82) is 10.5 Å². The van der Waals surface area contributed by atoms with Gasteiger partial charge in [-0.2, -0.15) is 10.5 Å². The van der Waals surface area contributed by atoms with Crippen LogP contribution in [-0.2, 0) is 4.79 Å². The van der Waals surface area contributed by atoms with E-state index in [9.17, 15) is 10.1 Å². The Labute approximate surface area is 179 Å². The number of anilines is 3. The van der Waals surface area contributed by atoms with Crippen LogP contribution in [0, 0.1) is 22.8 Å². The Morgan fingerprint density at radius 2 is 2.07 bits per heavy atom. The van der Waals surface area contributed by atoms with E-state index in [0.29, 0.717) is 15.6 Å². The van der Waals surface area contributed by atoms with Crippen molar-refractivity contribution in [3.8, 4) is 23.8 Å². The number of nitrogens with zero attached hydrogens (tertiary/aromatic N) is 4. The molecule has 0 amide bonds. The van der Waals surface area contributed by atoms with E-state index < -0.39 is 12.0 Å². The molecule has 1 aliphatic rings. The largest absolute Gasteiger partial charge is 0.493 e. The molecule has 0 bridgehead atoms. The summed E-state index contributed by atoms with van der Waals surface area (Å²) in [6.07, 6.45) is 1.78. The number of hydrogen-bond donors (Lipinski definition) is 4. The van der Waals surface area contributed by atoms with Crippen molar-refractivity contribution in [1.82, 2.24) is 10.3 Å². The van der Waals surface area contributed by atoms with Crippen LogP contribution in [0.5, 0.6) is 11.5 Å². The Bertz CT molecular complexity index is 1170. The second-order valence-corrected chi connectivity index (χ2v) is 6.87. The number of aliphatic imine (C=N–C) groups is 1. The van der Waals surface area contributed by atoms with Crippen molar-refractivity contribution in [2.24, 2.45) is 4.99 Å².